The summed E-state index contributed by atoms with van der Waals surface area (Å²) in [5, 5.41) is 9.10. The van der Waals surface area contributed by atoms with Crippen molar-refractivity contribution in [2.24, 2.45) is 0 Å². The van der Waals surface area contributed by atoms with Gasteiger partial charge in [0.15, 0.2) is 11.0 Å². The molecule has 0 aliphatic heterocycles. The van der Waals surface area contributed by atoms with Gasteiger partial charge in [0, 0.05) is 5.56 Å². The highest BCUT2D eigenvalue weighted by Crippen LogP contribution is 2.34. The Morgan fingerprint density at radius 3 is 2.46 bits per heavy atom. The van der Waals surface area contributed by atoms with Gasteiger partial charge in [-0.2, -0.15) is 13.2 Å². The van der Waals surface area contributed by atoms with Gasteiger partial charge in [-0.05, 0) is 36.6 Å². The highest BCUT2D eigenvalue weighted by molar-refractivity contribution is 7.98. The zero-order valence-electron chi connectivity index (χ0n) is 12.4. The fraction of sp³-hybridized carbons (Fsp3) is 0.125. The number of rotatable bonds is 3. The molecule has 0 saturated carbocycles. The largest absolute Gasteiger partial charge is 0.416 e. The number of nitrogens with zero attached hydrogens (tertiary/aromatic N) is 3. The molecule has 0 saturated heterocycles. The summed E-state index contributed by atoms with van der Waals surface area (Å²) >= 11 is 7.50. The molecular formula is C16H11ClF3N3S. The monoisotopic (exact) mass is 369 g/mol. The molecule has 0 aliphatic carbocycles. The van der Waals surface area contributed by atoms with Gasteiger partial charge < -0.3 is 0 Å². The predicted octanol–water partition coefficient (Wildman–Crippen LogP) is 5.33. The van der Waals surface area contributed by atoms with Gasteiger partial charge >= 0.3 is 6.18 Å². The third kappa shape index (κ3) is 3.14. The Bertz CT molecular complexity index is 877. The van der Waals surface area contributed by atoms with Crippen molar-refractivity contribution in [2.75, 3.05) is 6.26 Å². The van der Waals surface area contributed by atoms with Crippen LogP contribution in [0, 0.1) is 0 Å². The molecule has 0 spiro atoms. The second kappa shape index (κ2) is 6.49. The summed E-state index contributed by atoms with van der Waals surface area (Å²) in [4.78, 5) is 0. The lowest BCUT2D eigenvalue weighted by molar-refractivity contribution is -0.137. The third-order valence-corrected chi connectivity index (χ3v) is 4.32. The third-order valence-electron chi connectivity index (χ3n) is 3.36. The van der Waals surface area contributed by atoms with Crippen molar-refractivity contribution < 1.29 is 13.2 Å². The normalized spacial score (nSPS) is 11.7. The lowest BCUT2D eigenvalue weighted by Crippen LogP contribution is -2.07. The molecule has 1 aromatic heterocycles. The van der Waals surface area contributed by atoms with Crippen LogP contribution in [0.2, 0.25) is 5.02 Å². The van der Waals surface area contributed by atoms with E-state index < -0.39 is 11.7 Å². The molecule has 0 bridgehead atoms. The van der Waals surface area contributed by atoms with Gasteiger partial charge in [0.2, 0.25) is 0 Å². The Morgan fingerprint density at radius 1 is 1.04 bits per heavy atom. The lowest BCUT2D eigenvalue weighted by atomic mass is 10.1. The highest BCUT2D eigenvalue weighted by atomic mass is 35.5. The summed E-state index contributed by atoms with van der Waals surface area (Å²) in [7, 11) is 0. The summed E-state index contributed by atoms with van der Waals surface area (Å²) in [6.45, 7) is 0. The SMILES string of the molecule is CSc1nnc(-c2ccccc2Cl)n1-c1cccc(C(F)(F)F)c1. The lowest BCUT2D eigenvalue weighted by Gasteiger charge is -2.13. The molecule has 3 rings (SSSR count). The number of aromatic nitrogens is 3. The van der Waals surface area contributed by atoms with Crippen molar-refractivity contribution in [3.63, 3.8) is 0 Å². The molecule has 3 nitrogen and oxygen atoms in total. The summed E-state index contributed by atoms with van der Waals surface area (Å²) in [6.07, 6.45) is -2.64. The zero-order valence-corrected chi connectivity index (χ0v) is 14.0. The average molecular weight is 370 g/mol. The van der Waals surface area contributed by atoms with Crippen LogP contribution < -0.4 is 0 Å². The van der Waals surface area contributed by atoms with E-state index >= 15 is 0 Å². The first kappa shape index (κ1) is 16.9. The van der Waals surface area contributed by atoms with Crippen molar-refractivity contribution in [1.29, 1.82) is 0 Å². The maximum atomic E-state index is 13.0. The molecule has 0 amide bonds. The van der Waals surface area contributed by atoms with E-state index in [-0.39, 0.29) is 0 Å². The van der Waals surface area contributed by atoms with Crippen LogP contribution in [0.25, 0.3) is 17.1 Å². The van der Waals surface area contributed by atoms with Gasteiger partial charge in [-0.1, -0.05) is 41.6 Å². The average Bonchev–Trinajstić information content (AvgIpc) is 2.98. The van der Waals surface area contributed by atoms with E-state index in [1.807, 2.05) is 0 Å². The van der Waals surface area contributed by atoms with Gasteiger partial charge in [0.1, 0.15) is 0 Å². The maximum Gasteiger partial charge on any atom is 0.416 e. The molecule has 3 aromatic rings. The maximum absolute atomic E-state index is 13.0. The van der Waals surface area contributed by atoms with Crippen LogP contribution in [-0.2, 0) is 6.18 Å². The van der Waals surface area contributed by atoms with E-state index in [9.17, 15) is 13.2 Å². The van der Waals surface area contributed by atoms with Crippen LogP contribution in [0.15, 0.2) is 53.7 Å². The first-order chi connectivity index (χ1) is 11.4. The zero-order chi connectivity index (χ0) is 17.3. The minimum absolute atomic E-state index is 0.328. The van der Waals surface area contributed by atoms with Crippen LogP contribution in [0.5, 0.6) is 0 Å². The van der Waals surface area contributed by atoms with Gasteiger partial charge in [-0.25, -0.2) is 0 Å². The quantitative estimate of drug-likeness (QED) is 0.585. The van der Waals surface area contributed by atoms with E-state index in [2.05, 4.69) is 10.2 Å². The van der Waals surface area contributed by atoms with E-state index in [1.54, 1.807) is 41.2 Å². The van der Waals surface area contributed by atoms with Crippen molar-refractivity contribution in [3.8, 4) is 17.1 Å². The fourth-order valence-electron chi connectivity index (χ4n) is 2.27. The predicted molar refractivity (Wildman–Crippen MR) is 88.6 cm³/mol. The number of thioether (sulfide) groups is 1. The second-order valence-corrected chi connectivity index (χ2v) is 6.05. The van der Waals surface area contributed by atoms with Crippen molar-refractivity contribution in [1.82, 2.24) is 14.8 Å². The summed E-state index contributed by atoms with van der Waals surface area (Å²) < 4.78 is 40.6. The van der Waals surface area contributed by atoms with Crippen LogP contribution >= 0.6 is 23.4 Å². The smallest absolute Gasteiger partial charge is 0.270 e. The molecule has 0 fully saturated rings. The Kier molecular flexibility index (Phi) is 4.56. The van der Waals surface area contributed by atoms with Crippen LogP contribution in [-0.4, -0.2) is 21.0 Å². The van der Waals surface area contributed by atoms with E-state index in [0.29, 0.717) is 27.3 Å². The molecule has 2 aromatic carbocycles. The van der Waals surface area contributed by atoms with Crippen molar-refractivity contribution >= 4 is 23.4 Å². The fourth-order valence-corrected chi connectivity index (χ4v) is 2.99. The Hall–Kier alpha value is -1.99. The Morgan fingerprint density at radius 2 is 1.79 bits per heavy atom. The van der Waals surface area contributed by atoms with Gasteiger partial charge in [0.05, 0.1) is 16.3 Å². The molecule has 1 heterocycles. The summed E-state index contributed by atoms with van der Waals surface area (Å²) in [5.74, 6) is 0.393. The number of hydrogen-bond acceptors (Lipinski definition) is 3. The molecule has 0 unspecified atom stereocenters. The topological polar surface area (TPSA) is 30.7 Å². The Labute approximate surface area is 145 Å². The van der Waals surface area contributed by atoms with Crippen molar-refractivity contribution in [3.05, 3.63) is 59.1 Å². The molecule has 24 heavy (non-hydrogen) atoms. The Balaban J connectivity index is 2.22. The van der Waals surface area contributed by atoms with Gasteiger partial charge in [-0.15, -0.1) is 10.2 Å². The molecule has 8 heteroatoms. The van der Waals surface area contributed by atoms with Crippen LogP contribution in [0.1, 0.15) is 5.56 Å². The number of alkyl halides is 3. The standard InChI is InChI=1S/C16H11ClF3N3S/c1-24-15-22-21-14(12-7-2-3-8-13(12)17)23(15)11-6-4-5-10(9-11)16(18,19)20/h2-9H,1H3. The molecule has 0 radical (unpaired) electrons. The molecule has 0 atom stereocenters. The van der Waals surface area contributed by atoms with Gasteiger partial charge in [-0.3, -0.25) is 4.57 Å². The van der Waals surface area contributed by atoms with Crippen molar-refractivity contribution in [2.45, 2.75) is 11.3 Å². The molecular weight excluding hydrogens is 359 g/mol. The molecule has 0 N–H and O–H groups in total. The number of benzene rings is 2. The first-order valence-corrected chi connectivity index (χ1v) is 8.44. The van der Waals surface area contributed by atoms with Crippen LogP contribution in [0.4, 0.5) is 13.2 Å². The number of halogens is 4. The van der Waals surface area contributed by atoms with E-state index in [4.69, 9.17) is 11.6 Å². The van der Waals surface area contributed by atoms with Gasteiger partial charge in [0.25, 0.3) is 0 Å². The van der Waals surface area contributed by atoms with E-state index in [0.717, 1.165) is 12.1 Å². The first-order valence-electron chi connectivity index (χ1n) is 6.84. The summed E-state index contributed by atoms with van der Waals surface area (Å²) in [6, 6.07) is 12.0. The highest BCUT2D eigenvalue weighted by Gasteiger charge is 2.31. The second-order valence-electron chi connectivity index (χ2n) is 4.87. The minimum atomic E-state index is -4.42. The summed E-state index contributed by atoms with van der Waals surface area (Å²) in [5.41, 5.74) is 0.198. The van der Waals surface area contributed by atoms with Crippen LogP contribution in [0.3, 0.4) is 0 Å². The van der Waals surface area contributed by atoms with E-state index in [1.165, 1.54) is 17.8 Å². The number of hydrogen-bond donors (Lipinski definition) is 0. The minimum Gasteiger partial charge on any atom is -0.270 e. The molecule has 0 aliphatic rings. The molecule has 124 valence electrons.